The van der Waals surface area contributed by atoms with Gasteiger partial charge in [-0.1, -0.05) is 66.7 Å². The van der Waals surface area contributed by atoms with Crippen LogP contribution < -0.4 is 5.73 Å². The van der Waals surface area contributed by atoms with E-state index < -0.39 is 11.9 Å². The lowest BCUT2D eigenvalue weighted by atomic mass is 9.84. The van der Waals surface area contributed by atoms with Crippen LogP contribution in [0.2, 0.25) is 0 Å². The molecule has 1 aromatic heterocycles. The Morgan fingerprint density at radius 2 is 1.92 bits per heavy atom. The molecule has 6 nitrogen and oxygen atoms in total. The van der Waals surface area contributed by atoms with Gasteiger partial charge in [-0.3, -0.25) is 0 Å². The number of rotatable bonds is 6. The molecule has 0 bridgehead atoms. The first-order valence-electron chi connectivity index (χ1n) is 12.2. The molecule has 1 aliphatic heterocycles. The van der Waals surface area contributed by atoms with Crippen molar-refractivity contribution in [3.8, 4) is 12.1 Å². The Kier molecular flexibility index (Phi) is 8.74. The summed E-state index contributed by atoms with van der Waals surface area (Å²) in [5.41, 5.74) is 10.7. The standard InChI is InChI=1S/C28H28N4O2S2/c1-2-34-28(33)25-23(36-26(31)21(16-30)24(25)18-10-7-5-8-11-18)17-35-27-20(15-29)14-19-12-6-3-4-9-13-22(19)32-27/h5,7-8,10-11,14,24H,2-4,6,9,12-13,17,31H2,1H3/t24-/m1/s1. The number of benzene rings is 1. The summed E-state index contributed by atoms with van der Waals surface area (Å²) in [5, 5.41) is 20.8. The first kappa shape index (κ1) is 25.9. The Labute approximate surface area is 220 Å². The van der Waals surface area contributed by atoms with Crippen LogP contribution in [0, 0.1) is 22.7 Å². The number of nitrogens with zero attached hydrogens (tertiary/aromatic N) is 3. The van der Waals surface area contributed by atoms with Gasteiger partial charge in [0.25, 0.3) is 0 Å². The molecule has 0 saturated carbocycles. The van der Waals surface area contributed by atoms with Crippen molar-refractivity contribution in [3.63, 3.8) is 0 Å². The van der Waals surface area contributed by atoms with Gasteiger partial charge in [0.05, 0.1) is 40.3 Å². The number of nitrogens with two attached hydrogens (primary N) is 1. The molecular formula is C28H28N4O2S2. The Morgan fingerprint density at radius 1 is 1.17 bits per heavy atom. The maximum atomic E-state index is 13.2. The van der Waals surface area contributed by atoms with E-state index in [9.17, 15) is 15.3 Å². The molecule has 2 N–H and O–H groups in total. The smallest absolute Gasteiger partial charge is 0.335 e. The highest BCUT2D eigenvalue weighted by molar-refractivity contribution is 8.08. The van der Waals surface area contributed by atoms with E-state index in [2.05, 4.69) is 12.1 Å². The molecule has 2 heterocycles. The molecule has 0 spiro atoms. The summed E-state index contributed by atoms with van der Waals surface area (Å²) in [5.74, 6) is -0.671. The van der Waals surface area contributed by atoms with Gasteiger partial charge in [0.1, 0.15) is 11.1 Å². The van der Waals surface area contributed by atoms with Crippen molar-refractivity contribution in [3.05, 3.63) is 79.9 Å². The number of aryl methyl sites for hydroxylation is 2. The minimum Gasteiger partial charge on any atom is -0.463 e. The van der Waals surface area contributed by atoms with E-state index >= 15 is 0 Å². The second-order valence-corrected chi connectivity index (χ2v) is 10.8. The third-order valence-corrected chi connectivity index (χ3v) is 8.60. The van der Waals surface area contributed by atoms with Gasteiger partial charge in [-0.15, -0.1) is 0 Å². The van der Waals surface area contributed by atoms with Gasteiger partial charge >= 0.3 is 5.97 Å². The number of pyridine rings is 1. The number of ether oxygens (including phenoxy) is 1. The Hall–Kier alpha value is -3.20. The average Bonchev–Trinajstić information content (AvgIpc) is 2.88. The zero-order chi connectivity index (χ0) is 25.5. The molecule has 4 rings (SSSR count). The molecular weight excluding hydrogens is 488 g/mol. The number of aromatic nitrogens is 1. The highest BCUT2D eigenvalue weighted by Crippen LogP contribution is 2.47. The van der Waals surface area contributed by atoms with E-state index in [-0.39, 0.29) is 6.61 Å². The normalized spacial score (nSPS) is 17.9. The lowest BCUT2D eigenvalue weighted by molar-refractivity contribution is -0.138. The molecule has 0 unspecified atom stereocenters. The number of esters is 1. The predicted octanol–water partition coefficient (Wildman–Crippen LogP) is 5.75. The molecule has 1 aromatic carbocycles. The van der Waals surface area contributed by atoms with Gasteiger partial charge in [0.2, 0.25) is 0 Å². The van der Waals surface area contributed by atoms with Crippen LogP contribution in [0.5, 0.6) is 0 Å². The number of hydrogen-bond donors (Lipinski definition) is 1. The van der Waals surface area contributed by atoms with Crippen molar-refractivity contribution in [2.24, 2.45) is 5.73 Å². The number of carbonyl (C=O) groups excluding carboxylic acids is 1. The maximum Gasteiger partial charge on any atom is 0.335 e. The second-order valence-electron chi connectivity index (χ2n) is 8.65. The largest absolute Gasteiger partial charge is 0.463 e. The van der Waals surface area contributed by atoms with Crippen molar-refractivity contribution < 1.29 is 9.53 Å². The van der Waals surface area contributed by atoms with Crippen LogP contribution in [-0.2, 0) is 22.4 Å². The van der Waals surface area contributed by atoms with Crippen LogP contribution in [0.3, 0.4) is 0 Å². The van der Waals surface area contributed by atoms with Crippen LogP contribution in [0.1, 0.15) is 60.9 Å². The highest BCUT2D eigenvalue weighted by Gasteiger charge is 2.36. The summed E-state index contributed by atoms with van der Waals surface area (Å²) < 4.78 is 5.43. The first-order chi connectivity index (χ1) is 17.6. The third-order valence-electron chi connectivity index (χ3n) is 6.35. The Balaban J connectivity index is 1.73. The second kappa shape index (κ2) is 12.2. The van der Waals surface area contributed by atoms with Gasteiger partial charge in [0.15, 0.2) is 0 Å². The average molecular weight is 517 g/mol. The van der Waals surface area contributed by atoms with Crippen molar-refractivity contribution >= 4 is 29.5 Å². The van der Waals surface area contributed by atoms with Crippen LogP contribution in [-0.4, -0.2) is 23.3 Å². The number of hydrogen-bond acceptors (Lipinski definition) is 8. The fourth-order valence-electron chi connectivity index (χ4n) is 4.63. The molecule has 0 fully saturated rings. The van der Waals surface area contributed by atoms with Crippen LogP contribution in [0.25, 0.3) is 0 Å². The van der Waals surface area contributed by atoms with Gasteiger partial charge in [-0.2, -0.15) is 10.5 Å². The van der Waals surface area contributed by atoms with E-state index in [1.165, 1.54) is 41.9 Å². The molecule has 184 valence electrons. The first-order valence-corrected chi connectivity index (χ1v) is 14.0. The predicted molar refractivity (Wildman–Crippen MR) is 143 cm³/mol. The van der Waals surface area contributed by atoms with Gasteiger partial charge in [-0.25, -0.2) is 9.78 Å². The summed E-state index contributed by atoms with van der Waals surface area (Å²) in [7, 11) is 0. The summed E-state index contributed by atoms with van der Waals surface area (Å²) >= 11 is 2.66. The molecule has 2 aliphatic rings. The van der Waals surface area contributed by atoms with Crippen LogP contribution >= 0.6 is 23.5 Å². The molecule has 0 radical (unpaired) electrons. The van der Waals surface area contributed by atoms with E-state index in [1.807, 2.05) is 36.4 Å². The summed E-state index contributed by atoms with van der Waals surface area (Å²) in [6.45, 7) is 1.98. The zero-order valence-electron chi connectivity index (χ0n) is 20.3. The molecule has 36 heavy (non-hydrogen) atoms. The molecule has 2 aromatic rings. The zero-order valence-corrected chi connectivity index (χ0v) is 21.9. The summed E-state index contributed by atoms with van der Waals surface area (Å²) in [4.78, 5) is 18.8. The van der Waals surface area contributed by atoms with Crippen LogP contribution in [0.4, 0.5) is 0 Å². The van der Waals surface area contributed by atoms with Crippen molar-refractivity contribution in [2.45, 2.75) is 56.4 Å². The topological polar surface area (TPSA) is 113 Å². The van der Waals surface area contributed by atoms with Gasteiger partial charge in [0, 0.05) is 16.4 Å². The van der Waals surface area contributed by atoms with Crippen molar-refractivity contribution in [1.29, 1.82) is 10.5 Å². The van der Waals surface area contributed by atoms with E-state index in [0.29, 0.717) is 32.5 Å². The SMILES string of the molecule is CCOC(=O)C1=C(CSc2nc3c(cc2C#N)CCCCCC3)SC(N)=C(C#N)[C@H]1c1ccccc1. The number of carbonyl (C=O) groups is 1. The quantitative estimate of drug-likeness (QED) is 0.382. The van der Waals surface area contributed by atoms with E-state index in [4.69, 9.17) is 15.5 Å². The molecule has 0 saturated heterocycles. The molecule has 1 atom stereocenters. The summed E-state index contributed by atoms with van der Waals surface area (Å²) in [6, 6.07) is 15.9. The highest BCUT2D eigenvalue weighted by atomic mass is 32.2. The minimum absolute atomic E-state index is 0.223. The fraction of sp³-hybridized carbons (Fsp3) is 0.357. The molecule has 1 aliphatic carbocycles. The molecule has 0 amide bonds. The number of nitriles is 2. The monoisotopic (exact) mass is 516 g/mol. The van der Waals surface area contributed by atoms with Crippen molar-refractivity contribution in [1.82, 2.24) is 4.98 Å². The maximum absolute atomic E-state index is 13.2. The van der Waals surface area contributed by atoms with Crippen molar-refractivity contribution in [2.75, 3.05) is 12.4 Å². The lowest BCUT2D eigenvalue weighted by Crippen LogP contribution is -2.23. The third kappa shape index (κ3) is 5.61. The number of allylic oxidation sites excluding steroid dienone is 1. The fourth-order valence-corrected chi connectivity index (χ4v) is 6.75. The Morgan fingerprint density at radius 3 is 2.61 bits per heavy atom. The lowest BCUT2D eigenvalue weighted by Gasteiger charge is -2.28. The molecule has 8 heteroatoms. The number of thioether (sulfide) groups is 2. The minimum atomic E-state index is -0.605. The Bertz CT molecular complexity index is 1290. The van der Waals surface area contributed by atoms with Crippen LogP contribution in [0.15, 0.2) is 62.5 Å². The number of fused-ring (bicyclic) bond motifs is 1. The van der Waals surface area contributed by atoms with E-state index in [1.54, 1.807) is 6.92 Å². The van der Waals surface area contributed by atoms with Gasteiger partial charge < -0.3 is 10.5 Å². The summed E-state index contributed by atoms with van der Waals surface area (Å²) in [6.07, 6.45) is 6.49. The van der Waals surface area contributed by atoms with Gasteiger partial charge in [-0.05, 0) is 49.8 Å². The van der Waals surface area contributed by atoms with E-state index in [0.717, 1.165) is 41.8 Å².